The minimum atomic E-state index is -3.29. The number of anilines is 1. The molecule has 0 spiro atoms. The molecule has 0 unspecified atom stereocenters. The minimum absolute atomic E-state index is 0.00273. The van der Waals surface area contributed by atoms with E-state index in [0.29, 0.717) is 11.4 Å². The minimum Gasteiger partial charge on any atom is -0.484 e. The average Bonchev–Trinajstić information content (AvgIpc) is 2.57. The third-order valence-electron chi connectivity index (χ3n) is 6.51. The first-order valence-corrected chi connectivity index (χ1v) is 11.6. The van der Waals surface area contributed by atoms with Crippen molar-refractivity contribution in [2.75, 3.05) is 24.2 Å². The standard InChI is InChI=1S/C20H28N2O4S/c1-22(27(2,24)25)17-3-5-18(6-4-17)26-13-19(23)21-20-10-14-7-15(11-20)9-16(8-14)12-20/h3-6,14-16H,7-13H2,1-2H3,(H,21,23). The Balaban J connectivity index is 1.32. The topological polar surface area (TPSA) is 75.7 Å². The Morgan fingerprint density at radius 3 is 2.11 bits per heavy atom. The fraction of sp³-hybridized carbons (Fsp3) is 0.650. The van der Waals surface area contributed by atoms with Crippen LogP contribution in [-0.2, 0) is 14.8 Å². The van der Waals surface area contributed by atoms with Crippen LogP contribution >= 0.6 is 0 Å². The van der Waals surface area contributed by atoms with E-state index in [2.05, 4.69) is 5.32 Å². The largest absolute Gasteiger partial charge is 0.484 e. The van der Waals surface area contributed by atoms with Gasteiger partial charge in [-0.2, -0.15) is 0 Å². The van der Waals surface area contributed by atoms with Crippen LogP contribution < -0.4 is 14.4 Å². The first-order valence-electron chi connectivity index (χ1n) is 9.70. The van der Waals surface area contributed by atoms with Crippen molar-refractivity contribution in [1.82, 2.24) is 5.32 Å². The number of amides is 1. The molecule has 7 heteroatoms. The van der Waals surface area contributed by atoms with E-state index in [4.69, 9.17) is 4.74 Å². The monoisotopic (exact) mass is 392 g/mol. The highest BCUT2D eigenvalue weighted by Gasteiger charge is 2.51. The predicted octanol–water partition coefficient (Wildman–Crippen LogP) is 2.55. The maximum atomic E-state index is 12.5. The summed E-state index contributed by atoms with van der Waals surface area (Å²) in [5, 5.41) is 3.29. The second-order valence-corrected chi connectivity index (χ2v) is 10.8. The predicted molar refractivity (Wildman–Crippen MR) is 104 cm³/mol. The Bertz CT molecular complexity index is 784. The van der Waals surface area contributed by atoms with Gasteiger partial charge in [0.15, 0.2) is 6.61 Å². The van der Waals surface area contributed by atoms with Gasteiger partial charge in [0.2, 0.25) is 10.0 Å². The van der Waals surface area contributed by atoms with E-state index in [1.54, 1.807) is 24.3 Å². The van der Waals surface area contributed by atoms with E-state index in [1.807, 2.05) is 0 Å². The van der Waals surface area contributed by atoms with Crippen molar-refractivity contribution in [3.8, 4) is 5.75 Å². The summed E-state index contributed by atoms with van der Waals surface area (Å²) in [7, 11) is -1.79. The summed E-state index contributed by atoms with van der Waals surface area (Å²) in [5.41, 5.74) is 0.555. The molecule has 4 fully saturated rings. The highest BCUT2D eigenvalue weighted by atomic mass is 32.2. The lowest BCUT2D eigenvalue weighted by atomic mass is 9.53. The van der Waals surface area contributed by atoms with Crippen LogP contribution in [0.2, 0.25) is 0 Å². The van der Waals surface area contributed by atoms with Crippen molar-refractivity contribution in [3.63, 3.8) is 0 Å². The van der Waals surface area contributed by atoms with E-state index >= 15 is 0 Å². The van der Waals surface area contributed by atoms with E-state index in [1.165, 1.54) is 30.6 Å². The van der Waals surface area contributed by atoms with Crippen LogP contribution in [0.25, 0.3) is 0 Å². The van der Waals surface area contributed by atoms with Crippen molar-refractivity contribution in [1.29, 1.82) is 0 Å². The number of sulfonamides is 1. The molecule has 148 valence electrons. The number of rotatable bonds is 6. The first-order chi connectivity index (χ1) is 12.7. The molecule has 1 amide bonds. The van der Waals surface area contributed by atoms with Crippen LogP contribution in [0.4, 0.5) is 5.69 Å². The van der Waals surface area contributed by atoms with E-state index in [-0.39, 0.29) is 18.1 Å². The molecule has 0 radical (unpaired) electrons. The summed E-state index contributed by atoms with van der Waals surface area (Å²) >= 11 is 0. The Labute approximate surface area is 161 Å². The number of hydrogen-bond acceptors (Lipinski definition) is 4. The van der Waals surface area contributed by atoms with Gasteiger partial charge in [-0.25, -0.2) is 8.42 Å². The Morgan fingerprint density at radius 1 is 1.11 bits per heavy atom. The fourth-order valence-electron chi connectivity index (χ4n) is 5.69. The molecule has 0 heterocycles. The van der Waals surface area contributed by atoms with E-state index < -0.39 is 10.0 Å². The van der Waals surface area contributed by atoms with E-state index in [0.717, 1.165) is 43.3 Å². The Morgan fingerprint density at radius 2 is 1.63 bits per heavy atom. The second kappa shape index (κ2) is 6.69. The van der Waals surface area contributed by atoms with Gasteiger partial charge < -0.3 is 10.1 Å². The molecule has 0 aliphatic heterocycles. The van der Waals surface area contributed by atoms with Crippen molar-refractivity contribution in [3.05, 3.63) is 24.3 Å². The van der Waals surface area contributed by atoms with Gasteiger partial charge in [0.1, 0.15) is 5.75 Å². The molecule has 4 bridgehead atoms. The molecule has 4 saturated carbocycles. The number of hydrogen-bond donors (Lipinski definition) is 1. The summed E-state index contributed by atoms with van der Waals surface area (Å²) in [4.78, 5) is 12.5. The second-order valence-electron chi connectivity index (χ2n) is 8.76. The maximum absolute atomic E-state index is 12.5. The third kappa shape index (κ3) is 3.93. The van der Waals surface area contributed by atoms with Gasteiger partial charge in [-0.1, -0.05) is 0 Å². The molecule has 0 aromatic heterocycles. The van der Waals surface area contributed by atoms with Crippen molar-refractivity contribution < 1.29 is 17.9 Å². The molecule has 1 aromatic carbocycles. The van der Waals surface area contributed by atoms with Crippen molar-refractivity contribution in [2.24, 2.45) is 17.8 Å². The lowest BCUT2D eigenvalue weighted by molar-refractivity contribution is -0.128. The van der Waals surface area contributed by atoms with Crippen LogP contribution in [0.15, 0.2) is 24.3 Å². The lowest BCUT2D eigenvalue weighted by Gasteiger charge is -2.56. The summed E-state index contributed by atoms with van der Waals surface area (Å²) in [5.74, 6) is 2.86. The summed E-state index contributed by atoms with van der Waals surface area (Å²) < 4.78 is 30.0. The van der Waals surface area contributed by atoms with Gasteiger partial charge in [0.05, 0.1) is 11.9 Å². The zero-order valence-electron chi connectivity index (χ0n) is 16.0. The number of nitrogens with zero attached hydrogens (tertiary/aromatic N) is 1. The smallest absolute Gasteiger partial charge is 0.258 e. The molecular formula is C20H28N2O4S. The highest BCUT2D eigenvalue weighted by molar-refractivity contribution is 7.92. The molecule has 1 aromatic rings. The normalized spacial score (nSPS) is 31.6. The van der Waals surface area contributed by atoms with Gasteiger partial charge in [0.25, 0.3) is 5.91 Å². The summed E-state index contributed by atoms with van der Waals surface area (Å²) in [6, 6.07) is 6.73. The fourth-order valence-corrected chi connectivity index (χ4v) is 6.19. The van der Waals surface area contributed by atoms with Gasteiger partial charge in [0, 0.05) is 12.6 Å². The quantitative estimate of drug-likeness (QED) is 0.807. The Kier molecular flexibility index (Phi) is 4.61. The maximum Gasteiger partial charge on any atom is 0.258 e. The van der Waals surface area contributed by atoms with Gasteiger partial charge >= 0.3 is 0 Å². The van der Waals surface area contributed by atoms with Gasteiger partial charge in [-0.3, -0.25) is 9.10 Å². The van der Waals surface area contributed by atoms with Crippen molar-refractivity contribution >= 4 is 21.6 Å². The zero-order valence-corrected chi connectivity index (χ0v) is 16.8. The van der Waals surface area contributed by atoms with Crippen LogP contribution in [0, 0.1) is 17.8 Å². The molecule has 4 aliphatic carbocycles. The average molecular weight is 393 g/mol. The number of carbonyl (C=O) groups is 1. The molecule has 0 saturated heterocycles. The third-order valence-corrected chi connectivity index (χ3v) is 7.72. The van der Waals surface area contributed by atoms with Crippen LogP contribution in [-0.4, -0.2) is 39.8 Å². The molecule has 27 heavy (non-hydrogen) atoms. The van der Waals surface area contributed by atoms with Crippen molar-refractivity contribution in [2.45, 2.75) is 44.1 Å². The lowest BCUT2D eigenvalue weighted by Crippen LogP contribution is -2.60. The first kappa shape index (κ1) is 18.6. The number of benzene rings is 1. The SMILES string of the molecule is CN(c1ccc(OCC(=O)NC23CC4CC(CC(C4)C2)C3)cc1)S(C)(=O)=O. The molecule has 1 N–H and O–H groups in total. The molecule has 5 rings (SSSR count). The van der Waals surface area contributed by atoms with Crippen LogP contribution in [0.5, 0.6) is 5.75 Å². The number of ether oxygens (including phenoxy) is 1. The Hall–Kier alpha value is -1.76. The summed E-state index contributed by atoms with van der Waals surface area (Å²) in [6.07, 6.45) is 8.57. The molecule has 0 atom stereocenters. The van der Waals surface area contributed by atoms with E-state index in [9.17, 15) is 13.2 Å². The van der Waals surface area contributed by atoms with Crippen LogP contribution in [0.3, 0.4) is 0 Å². The molecular weight excluding hydrogens is 364 g/mol. The molecule has 4 aliphatic rings. The number of nitrogens with one attached hydrogen (secondary N) is 1. The van der Waals surface area contributed by atoms with Gasteiger partial charge in [-0.15, -0.1) is 0 Å². The van der Waals surface area contributed by atoms with Gasteiger partial charge in [-0.05, 0) is 80.5 Å². The zero-order chi connectivity index (χ0) is 19.2. The number of carbonyl (C=O) groups excluding carboxylic acids is 1. The summed E-state index contributed by atoms with van der Waals surface area (Å²) in [6.45, 7) is -0.0109. The molecule has 6 nitrogen and oxygen atoms in total. The highest BCUT2D eigenvalue weighted by Crippen LogP contribution is 2.55. The van der Waals surface area contributed by atoms with Crippen LogP contribution in [0.1, 0.15) is 38.5 Å².